The number of carbonyl (C=O) groups is 1. The average Bonchev–Trinajstić information content (AvgIpc) is 2.84. The van der Waals surface area contributed by atoms with Gasteiger partial charge in [-0.05, 0) is 24.6 Å². The Morgan fingerprint density at radius 2 is 1.88 bits per heavy atom. The van der Waals surface area contributed by atoms with Gasteiger partial charge in [-0.2, -0.15) is 0 Å². The van der Waals surface area contributed by atoms with E-state index in [1.54, 1.807) is 13.0 Å². The number of carboxylic acid groups (broad SMARTS) is 1. The molecule has 5 nitrogen and oxygen atoms in total. The van der Waals surface area contributed by atoms with E-state index in [2.05, 4.69) is 0 Å². The molecule has 0 radical (unpaired) electrons. The van der Waals surface area contributed by atoms with Crippen LogP contribution in [-0.2, 0) is 0 Å². The van der Waals surface area contributed by atoms with E-state index in [0.717, 1.165) is 5.56 Å². The smallest absolute Gasteiger partial charge is 0.339 e. The van der Waals surface area contributed by atoms with E-state index in [4.69, 9.17) is 13.9 Å². The molecule has 0 aliphatic heterocycles. The average molecular weight is 222 g/mol. The predicted molar refractivity (Wildman–Crippen MR) is 53.2 cm³/mol. The normalized spacial score (nSPS) is 12.6. The molecule has 0 amide bonds. The van der Waals surface area contributed by atoms with Gasteiger partial charge in [0.05, 0.1) is 12.5 Å². The third-order valence-electron chi connectivity index (χ3n) is 2.32. The van der Waals surface area contributed by atoms with Gasteiger partial charge in [0.15, 0.2) is 11.9 Å². The van der Waals surface area contributed by atoms with Crippen LogP contribution >= 0.6 is 0 Å². The molecule has 2 aromatic heterocycles. The number of aryl methyl sites for hydroxylation is 1. The molecule has 1 unspecified atom stereocenters. The van der Waals surface area contributed by atoms with Crippen LogP contribution in [-0.4, -0.2) is 16.2 Å². The number of rotatable bonds is 3. The Bertz CT molecular complexity index is 508. The summed E-state index contributed by atoms with van der Waals surface area (Å²) in [5, 5.41) is 18.8. The Kier molecular flexibility index (Phi) is 2.54. The number of hydrogen-bond donors (Lipinski definition) is 2. The minimum atomic E-state index is -1.20. The molecule has 2 rings (SSSR count). The summed E-state index contributed by atoms with van der Waals surface area (Å²) in [5.74, 6) is -0.880. The minimum absolute atomic E-state index is 0.0226. The van der Waals surface area contributed by atoms with Crippen molar-refractivity contribution in [3.8, 4) is 0 Å². The molecule has 0 bridgehead atoms. The Balaban J connectivity index is 2.42. The van der Waals surface area contributed by atoms with Crippen molar-refractivity contribution >= 4 is 5.97 Å². The van der Waals surface area contributed by atoms with Gasteiger partial charge < -0.3 is 19.0 Å². The number of hydrogen-bond acceptors (Lipinski definition) is 4. The third kappa shape index (κ3) is 1.61. The Morgan fingerprint density at radius 3 is 2.44 bits per heavy atom. The molecule has 2 heterocycles. The molecule has 2 N–H and O–H groups in total. The molecule has 0 fully saturated rings. The van der Waals surface area contributed by atoms with Gasteiger partial charge in [-0.3, -0.25) is 0 Å². The van der Waals surface area contributed by atoms with E-state index >= 15 is 0 Å². The highest BCUT2D eigenvalue weighted by Crippen LogP contribution is 2.28. The molecule has 0 saturated carbocycles. The van der Waals surface area contributed by atoms with Crippen LogP contribution in [0.5, 0.6) is 0 Å². The number of furan rings is 2. The van der Waals surface area contributed by atoms with Crippen molar-refractivity contribution in [2.24, 2.45) is 0 Å². The van der Waals surface area contributed by atoms with E-state index in [0.29, 0.717) is 0 Å². The van der Waals surface area contributed by atoms with Crippen LogP contribution in [0.15, 0.2) is 33.5 Å². The molecule has 84 valence electrons. The van der Waals surface area contributed by atoms with E-state index < -0.39 is 12.1 Å². The van der Waals surface area contributed by atoms with Crippen LogP contribution < -0.4 is 0 Å². The number of aliphatic hydroxyl groups excluding tert-OH is 1. The van der Waals surface area contributed by atoms with Crippen molar-refractivity contribution in [2.45, 2.75) is 13.0 Å². The molecular formula is C11H10O5. The second-order valence-electron chi connectivity index (χ2n) is 3.37. The zero-order valence-electron chi connectivity index (χ0n) is 8.51. The SMILES string of the molecule is Cc1ccoc1C(O)c1occc1C(=O)O. The highest BCUT2D eigenvalue weighted by Gasteiger charge is 2.25. The lowest BCUT2D eigenvalue weighted by Gasteiger charge is -2.06. The predicted octanol–water partition coefficient (Wildman–Crippen LogP) is 1.96. The van der Waals surface area contributed by atoms with Gasteiger partial charge in [0.2, 0.25) is 0 Å². The second kappa shape index (κ2) is 3.86. The van der Waals surface area contributed by atoms with Gasteiger partial charge in [-0.25, -0.2) is 4.79 Å². The topological polar surface area (TPSA) is 83.8 Å². The zero-order valence-corrected chi connectivity index (χ0v) is 8.51. The summed E-state index contributed by atoms with van der Waals surface area (Å²) >= 11 is 0. The summed E-state index contributed by atoms with van der Waals surface area (Å²) in [6.45, 7) is 1.76. The Morgan fingerprint density at radius 1 is 1.25 bits per heavy atom. The fourth-order valence-electron chi connectivity index (χ4n) is 1.49. The fraction of sp³-hybridized carbons (Fsp3) is 0.182. The monoisotopic (exact) mass is 222 g/mol. The quantitative estimate of drug-likeness (QED) is 0.829. The molecule has 0 spiro atoms. The lowest BCUT2D eigenvalue weighted by molar-refractivity contribution is 0.0685. The van der Waals surface area contributed by atoms with Crippen LogP contribution in [0.4, 0.5) is 0 Å². The van der Waals surface area contributed by atoms with E-state index in [1.807, 2.05) is 0 Å². The first-order valence-corrected chi connectivity index (χ1v) is 4.64. The Hall–Kier alpha value is -2.01. The maximum absolute atomic E-state index is 10.8. The summed E-state index contributed by atoms with van der Waals surface area (Å²) in [5.41, 5.74) is 0.670. The molecule has 0 aliphatic rings. The van der Waals surface area contributed by atoms with Crippen molar-refractivity contribution in [1.82, 2.24) is 0 Å². The summed E-state index contributed by atoms with van der Waals surface area (Å²) in [4.78, 5) is 10.8. The van der Waals surface area contributed by atoms with Crippen molar-refractivity contribution in [3.63, 3.8) is 0 Å². The number of aliphatic hydroxyl groups is 1. The maximum Gasteiger partial charge on any atom is 0.339 e. The summed E-state index contributed by atoms with van der Waals surface area (Å²) in [6.07, 6.45) is 1.45. The van der Waals surface area contributed by atoms with E-state index in [1.165, 1.54) is 18.6 Å². The molecule has 16 heavy (non-hydrogen) atoms. The molecular weight excluding hydrogens is 212 g/mol. The summed E-state index contributed by atoms with van der Waals surface area (Å²) < 4.78 is 10.1. The number of aromatic carboxylic acids is 1. The van der Waals surface area contributed by atoms with E-state index in [-0.39, 0.29) is 17.1 Å². The van der Waals surface area contributed by atoms with Crippen LogP contribution in [0.1, 0.15) is 33.5 Å². The van der Waals surface area contributed by atoms with Crippen molar-refractivity contribution in [1.29, 1.82) is 0 Å². The molecule has 0 aliphatic carbocycles. The summed E-state index contributed by atoms with van der Waals surface area (Å²) in [7, 11) is 0. The third-order valence-corrected chi connectivity index (χ3v) is 2.32. The Labute approximate surface area is 90.9 Å². The van der Waals surface area contributed by atoms with Gasteiger partial charge in [0.1, 0.15) is 11.3 Å². The van der Waals surface area contributed by atoms with Gasteiger partial charge in [-0.15, -0.1) is 0 Å². The largest absolute Gasteiger partial charge is 0.478 e. The van der Waals surface area contributed by atoms with Crippen molar-refractivity contribution < 1.29 is 23.8 Å². The first-order valence-electron chi connectivity index (χ1n) is 4.64. The molecule has 5 heteroatoms. The summed E-state index contributed by atoms with van der Waals surface area (Å²) in [6, 6.07) is 2.97. The lowest BCUT2D eigenvalue weighted by Crippen LogP contribution is -2.05. The van der Waals surface area contributed by atoms with Gasteiger partial charge in [0, 0.05) is 0 Å². The van der Waals surface area contributed by atoms with Crippen molar-refractivity contribution in [2.75, 3.05) is 0 Å². The van der Waals surface area contributed by atoms with Crippen LogP contribution in [0.3, 0.4) is 0 Å². The van der Waals surface area contributed by atoms with Crippen LogP contribution in [0, 0.1) is 6.92 Å². The standard InChI is InChI=1S/C11H10O5/c1-6-2-4-15-9(6)8(12)10-7(11(13)14)3-5-16-10/h2-5,8,12H,1H3,(H,13,14). The lowest BCUT2D eigenvalue weighted by atomic mass is 10.1. The van der Waals surface area contributed by atoms with Gasteiger partial charge in [0.25, 0.3) is 0 Å². The number of carboxylic acids is 1. The van der Waals surface area contributed by atoms with Gasteiger partial charge >= 0.3 is 5.97 Å². The fourth-order valence-corrected chi connectivity index (χ4v) is 1.49. The highest BCUT2D eigenvalue weighted by atomic mass is 16.4. The molecule has 0 aromatic carbocycles. The zero-order chi connectivity index (χ0) is 11.7. The molecule has 0 saturated heterocycles. The second-order valence-corrected chi connectivity index (χ2v) is 3.37. The molecule has 2 aromatic rings. The first-order chi connectivity index (χ1) is 7.61. The van der Waals surface area contributed by atoms with Gasteiger partial charge in [-0.1, -0.05) is 0 Å². The minimum Gasteiger partial charge on any atom is -0.478 e. The molecule has 1 atom stereocenters. The van der Waals surface area contributed by atoms with Crippen LogP contribution in [0.25, 0.3) is 0 Å². The van der Waals surface area contributed by atoms with E-state index in [9.17, 15) is 9.90 Å². The maximum atomic E-state index is 10.8. The first kappa shape index (κ1) is 10.5. The highest BCUT2D eigenvalue weighted by molar-refractivity contribution is 5.88. The van der Waals surface area contributed by atoms with Crippen molar-refractivity contribution in [3.05, 3.63) is 47.3 Å². The van der Waals surface area contributed by atoms with Crippen LogP contribution in [0.2, 0.25) is 0 Å².